The number of imidazole rings is 1. The SMILES string of the molecule is O=C(CSc1nc2ccccc2[nH]1)N/N=C\c1c(F)cccc1Cl. The molecular weight excluding hydrogens is 351 g/mol. The molecule has 3 rings (SSSR count). The second kappa shape index (κ2) is 7.46. The van der Waals surface area contributed by atoms with E-state index in [4.69, 9.17) is 11.6 Å². The molecule has 0 spiro atoms. The molecule has 0 aliphatic heterocycles. The van der Waals surface area contributed by atoms with E-state index in [2.05, 4.69) is 20.5 Å². The van der Waals surface area contributed by atoms with Crippen LogP contribution in [0.15, 0.2) is 52.7 Å². The lowest BCUT2D eigenvalue weighted by Crippen LogP contribution is -2.19. The zero-order valence-corrected chi connectivity index (χ0v) is 13.9. The molecule has 1 aromatic heterocycles. The van der Waals surface area contributed by atoms with E-state index in [1.165, 1.54) is 30.1 Å². The van der Waals surface area contributed by atoms with Crippen LogP contribution >= 0.6 is 23.4 Å². The first kappa shape index (κ1) is 16.5. The van der Waals surface area contributed by atoms with Gasteiger partial charge in [-0.2, -0.15) is 5.10 Å². The minimum Gasteiger partial charge on any atom is -0.333 e. The molecule has 0 radical (unpaired) electrons. The monoisotopic (exact) mass is 362 g/mol. The number of H-pyrrole nitrogens is 1. The molecule has 0 atom stereocenters. The molecule has 0 bridgehead atoms. The molecule has 0 saturated carbocycles. The first-order chi connectivity index (χ1) is 11.6. The van der Waals surface area contributed by atoms with Gasteiger partial charge in [-0.1, -0.05) is 41.6 Å². The van der Waals surface area contributed by atoms with Gasteiger partial charge >= 0.3 is 0 Å². The molecule has 0 aliphatic carbocycles. The normalized spacial score (nSPS) is 11.2. The summed E-state index contributed by atoms with van der Waals surface area (Å²) in [6.07, 6.45) is 1.18. The maximum Gasteiger partial charge on any atom is 0.250 e. The molecule has 24 heavy (non-hydrogen) atoms. The quantitative estimate of drug-likeness (QED) is 0.414. The fourth-order valence-electron chi connectivity index (χ4n) is 1.97. The second-order valence-corrected chi connectivity index (χ2v) is 6.15. The average Bonchev–Trinajstić information content (AvgIpc) is 2.98. The van der Waals surface area contributed by atoms with Gasteiger partial charge in [-0.25, -0.2) is 14.8 Å². The van der Waals surface area contributed by atoms with Gasteiger partial charge in [0.1, 0.15) is 5.82 Å². The van der Waals surface area contributed by atoms with Gasteiger partial charge in [0.05, 0.1) is 28.0 Å². The van der Waals surface area contributed by atoms with Crippen LogP contribution in [0.3, 0.4) is 0 Å². The molecule has 2 aromatic carbocycles. The van der Waals surface area contributed by atoms with Gasteiger partial charge in [-0.15, -0.1) is 0 Å². The molecule has 5 nitrogen and oxygen atoms in total. The summed E-state index contributed by atoms with van der Waals surface area (Å²) in [7, 11) is 0. The van der Waals surface area contributed by atoms with E-state index in [0.29, 0.717) is 5.16 Å². The van der Waals surface area contributed by atoms with Crippen LogP contribution < -0.4 is 5.43 Å². The highest BCUT2D eigenvalue weighted by molar-refractivity contribution is 7.99. The summed E-state index contributed by atoms with van der Waals surface area (Å²) in [4.78, 5) is 19.2. The van der Waals surface area contributed by atoms with E-state index in [1.54, 1.807) is 6.07 Å². The van der Waals surface area contributed by atoms with Crippen LogP contribution in [-0.4, -0.2) is 27.8 Å². The zero-order valence-electron chi connectivity index (χ0n) is 12.3. The number of amides is 1. The Morgan fingerprint density at radius 3 is 2.96 bits per heavy atom. The fraction of sp³-hybridized carbons (Fsp3) is 0.0625. The Bertz CT molecular complexity index is 859. The third-order valence-electron chi connectivity index (χ3n) is 3.09. The number of nitrogens with zero attached hydrogens (tertiary/aromatic N) is 2. The largest absolute Gasteiger partial charge is 0.333 e. The van der Waals surface area contributed by atoms with Gasteiger partial charge in [0.25, 0.3) is 5.91 Å². The molecule has 122 valence electrons. The van der Waals surface area contributed by atoms with E-state index in [0.717, 1.165) is 11.0 Å². The van der Waals surface area contributed by atoms with E-state index >= 15 is 0 Å². The minimum atomic E-state index is -0.503. The fourth-order valence-corrected chi connectivity index (χ4v) is 2.86. The Balaban J connectivity index is 1.55. The van der Waals surface area contributed by atoms with Gasteiger partial charge < -0.3 is 4.98 Å². The number of hydrazone groups is 1. The number of halogens is 2. The van der Waals surface area contributed by atoms with E-state index in [1.807, 2.05) is 24.3 Å². The van der Waals surface area contributed by atoms with Gasteiger partial charge in [-0.05, 0) is 24.3 Å². The lowest BCUT2D eigenvalue weighted by molar-refractivity contribution is -0.118. The first-order valence-electron chi connectivity index (χ1n) is 6.97. The molecule has 2 N–H and O–H groups in total. The molecule has 0 fully saturated rings. The summed E-state index contributed by atoms with van der Waals surface area (Å²) in [5.41, 5.74) is 4.21. The summed E-state index contributed by atoms with van der Waals surface area (Å²) in [6, 6.07) is 11.9. The summed E-state index contributed by atoms with van der Waals surface area (Å²) in [6.45, 7) is 0. The van der Waals surface area contributed by atoms with Crippen molar-refractivity contribution in [2.24, 2.45) is 5.10 Å². The van der Waals surface area contributed by atoms with Gasteiger partial charge in [0, 0.05) is 5.56 Å². The Kier molecular flexibility index (Phi) is 5.12. The van der Waals surface area contributed by atoms with E-state index < -0.39 is 5.82 Å². The van der Waals surface area contributed by atoms with Crippen LogP contribution in [0.25, 0.3) is 11.0 Å². The molecule has 8 heteroatoms. The summed E-state index contributed by atoms with van der Waals surface area (Å²) in [5, 5.41) is 4.60. The van der Waals surface area contributed by atoms with Crippen LogP contribution in [0.5, 0.6) is 0 Å². The highest BCUT2D eigenvalue weighted by atomic mass is 35.5. The van der Waals surface area contributed by atoms with Gasteiger partial charge in [-0.3, -0.25) is 4.79 Å². The van der Waals surface area contributed by atoms with Crippen molar-refractivity contribution in [1.82, 2.24) is 15.4 Å². The van der Waals surface area contributed by atoms with Crippen molar-refractivity contribution in [1.29, 1.82) is 0 Å². The van der Waals surface area contributed by atoms with Crippen molar-refractivity contribution < 1.29 is 9.18 Å². The number of aromatic amines is 1. The minimum absolute atomic E-state index is 0.127. The molecule has 1 heterocycles. The van der Waals surface area contributed by atoms with Crippen LogP contribution in [0, 0.1) is 5.82 Å². The number of hydrogen-bond donors (Lipinski definition) is 2. The predicted octanol–water partition coefficient (Wildman–Crippen LogP) is 3.60. The average molecular weight is 363 g/mol. The van der Waals surface area contributed by atoms with Crippen LogP contribution in [0.2, 0.25) is 5.02 Å². The summed E-state index contributed by atoms with van der Waals surface area (Å²) >= 11 is 7.12. The summed E-state index contributed by atoms with van der Waals surface area (Å²) in [5.74, 6) is -0.705. The number of aromatic nitrogens is 2. The van der Waals surface area contributed by atoms with Crippen molar-refractivity contribution in [3.05, 3.63) is 58.9 Å². The molecule has 0 saturated heterocycles. The van der Waals surface area contributed by atoms with Crippen molar-refractivity contribution in [2.45, 2.75) is 5.16 Å². The van der Waals surface area contributed by atoms with Crippen molar-refractivity contribution in [2.75, 3.05) is 5.75 Å². The number of fused-ring (bicyclic) bond motifs is 1. The predicted molar refractivity (Wildman–Crippen MR) is 94.0 cm³/mol. The van der Waals surface area contributed by atoms with Crippen molar-refractivity contribution in [3.63, 3.8) is 0 Å². The lowest BCUT2D eigenvalue weighted by Gasteiger charge is -2.00. The second-order valence-electron chi connectivity index (χ2n) is 4.78. The zero-order chi connectivity index (χ0) is 16.9. The summed E-state index contributed by atoms with van der Waals surface area (Å²) < 4.78 is 13.5. The third kappa shape index (κ3) is 3.93. The maximum absolute atomic E-state index is 13.5. The molecule has 0 aliphatic rings. The Morgan fingerprint density at radius 1 is 1.33 bits per heavy atom. The number of benzene rings is 2. The van der Waals surface area contributed by atoms with Gasteiger partial charge in [0.2, 0.25) is 0 Å². The van der Waals surface area contributed by atoms with Gasteiger partial charge in [0.15, 0.2) is 5.16 Å². The topological polar surface area (TPSA) is 70.1 Å². The van der Waals surface area contributed by atoms with Crippen LogP contribution in [-0.2, 0) is 4.79 Å². The number of carbonyl (C=O) groups excluding carboxylic acids is 1. The van der Waals surface area contributed by atoms with Crippen molar-refractivity contribution >= 4 is 46.5 Å². The Morgan fingerprint density at radius 2 is 2.17 bits per heavy atom. The number of hydrogen-bond acceptors (Lipinski definition) is 4. The number of rotatable bonds is 5. The molecule has 1 amide bonds. The lowest BCUT2D eigenvalue weighted by atomic mass is 10.2. The third-order valence-corrected chi connectivity index (χ3v) is 4.29. The van der Waals surface area contributed by atoms with E-state index in [-0.39, 0.29) is 22.2 Å². The number of carbonyl (C=O) groups is 1. The Hall–Kier alpha value is -2.38. The number of para-hydroxylation sites is 2. The number of thioether (sulfide) groups is 1. The van der Waals surface area contributed by atoms with Crippen molar-refractivity contribution in [3.8, 4) is 0 Å². The standard InChI is InChI=1S/C16H12ClFN4OS/c17-11-4-3-5-12(18)10(11)8-19-22-15(23)9-24-16-20-13-6-1-2-7-14(13)21-16/h1-8H,9H2,(H,20,21)(H,22,23)/b19-8-. The smallest absolute Gasteiger partial charge is 0.250 e. The number of nitrogens with one attached hydrogen (secondary N) is 2. The maximum atomic E-state index is 13.5. The van der Waals surface area contributed by atoms with Crippen LogP contribution in [0.4, 0.5) is 4.39 Å². The molecular formula is C16H12ClFN4OS. The molecule has 3 aromatic rings. The highest BCUT2D eigenvalue weighted by Gasteiger charge is 2.07. The van der Waals surface area contributed by atoms with Crippen LogP contribution in [0.1, 0.15) is 5.56 Å². The highest BCUT2D eigenvalue weighted by Crippen LogP contribution is 2.19. The van der Waals surface area contributed by atoms with E-state index in [9.17, 15) is 9.18 Å². The Labute approximate surface area is 146 Å². The molecule has 0 unspecified atom stereocenters. The first-order valence-corrected chi connectivity index (χ1v) is 8.33.